The van der Waals surface area contributed by atoms with E-state index in [1.54, 1.807) is 0 Å². The zero-order chi connectivity index (χ0) is 10.2. The van der Waals surface area contributed by atoms with E-state index < -0.39 is 12.6 Å². The van der Waals surface area contributed by atoms with E-state index in [1.807, 2.05) is 0 Å². The normalized spacial score (nSPS) is 11.1. The first-order chi connectivity index (χ1) is 6.06. The molecule has 0 unspecified atom stereocenters. The summed E-state index contributed by atoms with van der Waals surface area (Å²) in [5, 5.41) is 0. The highest BCUT2D eigenvalue weighted by Gasteiger charge is 2.25. The van der Waals surface area contributed by atoms with Crippen LogP contribution in [0, 0.1) is 0 Å². The van der Waals surface area contributed by atoms with Gasteiger partial charge in [-0.2, -0.15) is 26.7 Å². The van der Waals surface area contributed by atoms with Crippen LogP contribution in [0.4, 0.5) is 13.2 Å². The van der Waals surface area contributed by atoms with E-state index in [2.05, 4.69) is 6.92 Å². The Morgan fingerprint density at radius 1 is 0.786 bits per heavy atom. The van der Waals surface area contributed by atoms with Crippen molar-refractivity contribution in [1.82, 2.24) is 0 Å². The van der Waals surface area contributed by atoms with Crippen LogP contribution in [0.2, 0.25) is 0 Å². The molecular weight excluding hydrogens is 209 g/mol. The predicted octanol–water partition coefficient (Wildman–Crippen LogP) is 4.80. The Morgan fingerprint density at radius 2 is 1.21 bits per heavy atom. The van der Waals surface area contributed by atoms with Crippen LogP contribution < -0.4 is 0 Å². The number of hydrogen-bond acceptors (Lipinski definition) is 0. The fourth-order valence-electron chi connectivity index (χ4n) is 1.28. The predicted molar refractivity (Wildman–Crippen MR) is 59.0 cm³/mol. The van der Waals surface area contributed by atoms with Gasteiger partial charge in [0, 0.05) is 6.42 Å². The highest BCUT2D eigenvalue weighted by atomic mass is 32.1. The van der Waals surface area contributed by atoms with Crippen molar-refractivity contribution in [2.45, 2.75) is 64.5 Å². The van der Waals surface area contributed by atoms with E-state index in [0.717, 1.165) is 19.3 Å². The van der Waals surface area contributed by atoms with Gasteiger partial charge in [0.15, 0.2) is 0 Å². The molecule has 0 heterocycles. The van der Waals surface area contributed by atoms with Crippen LogP contribution in [-0.2, 0) is 0 Å². The Bertz CT molecular complexity index is 112. The molecule has 14 heavy (non-hydrogen) atoms. The van der Waals surface area contributed by atoms with Crippen LogP contribution >= 0.6 is 13.5 Å². The molecule has 0 aromatic heterocycles. The van der Waals surface area contributed by atoms with Crippen molar-refractivity contribution in [3.63, 3.8) is 0 Å². The average Bonchev–Trinajstić information content (AvgIpc) is 2.01. The van der Waals surface area contributed by atoms with Gasteiger partial charge in [0.25, 0.3) is 0 Å². The minimum absolute atomic E-state index is 0. The van der Waals surface area contributed by atoms with Crippen LogP contribution in [0.25, 0.3) is 0 Å². The molecule has 0 radical (unpaired) electrons. The fraction of sp³-hybridized carbons (Fsp3) is 1.00. The van der Waals surface area contributed by atoms with Crippen molar-refractivity contribution < 1.29 is 13.2 Å². The number of unbranched alkanes of at least 4 members (excludes halogenated alkanes) is 6. The van der Waals surface area contributed by atoms with Gasteiger partial charge >= 0.3 is 6.18 Å². The maximum Gasteiger partial charge on any atom is 0.389 e. The summed E-state index contributed by atoms with van der Waals surface area (Å²) in [6.45, 7) is 2.13. The molecule has 0 aliphatic rings. The van der Waals surface area contributed by atoms with Gasteiger partial charge in [0.2, 0.25) is 0 Å². The van der Waals surface area contributed by atoms with Crippen molar-refractivity contribution in [2.24, 2.45) is 0 Å². The lowest BCUT2D eigenvalue weighted by Gasteiger charge is -2.05. The molecule has 0 aromatic carbocycles. The zero-order valence-corrected chi connectivity index (χ0v) is 9.79. The molecule has 0 saturated heterocycles. The van der Waals surface area contributed by atoms with Crippen LogP contribution in [-0.4, -0.2) is 6.18 Å². The van der Waals surface area contributed by atoms with Gasteiger partial charge < -0.3 is 0 Å². The monoisotopic (exact) mass is 230 g/mol. The average molecular weight is 230 g/mol. The molecule has 0 atom stereocenters. The van der Waals surface area contributed by atoms with Crippen molar-refractivity contribution in [3.05, 3.63) is 0 Å². The Morgan fingerprint density at radius 3 is 1.64 bits per heavy atom. The minimum atomic E-state index is -3.95. The molecule has 0 bridgehead atoms. The summed E-state index contributed by atoms with van der Waals surface area (Å²) in [5.41, 5.74) is 0. The second-order valence-corrected chi connectivity index (χ2v) is 3.49. The summed E-state index contributed by atoms with van der Waals surface area (Å²) < 4.78 is 35.1. The van der Waals surface area contributed by atoms with Crippen LogP contribution in [0.3, 0.4) is 0 Å². The molecule has 0 amide bonds. The summed E-state index contributed by atoms with van der Waals surface area (Å²) in [5.74, 6) is 0. The molecular formula is C10H21F3S. The number of halogens is 3. The zero-order valence-electron chi connectivity index (χ0n) is 8.79. The van der Waals surface area contributed by atoms with Gasteiger partial charge in [-0.1, -0.05) is 45.4 Å². The summed E-state index contributed by atoms with van der Waals surface area (Å²) in [4.78, 5) is 0. The third kappa shape index (κ3) is 14.7. The van der Waals surface area contributed by atoms with Crippen molar-refractivity contribution in [2.75, 3.05) is 0 Å². The van der Waals surface area contributed by atoms with Gasteiger partial charge in [0.05, 0.1) is 0 Å². The van der Waals surface area contributed by atoms with Gasteiger partial charge in [0.1, 0.15) is 0 Å². The standard InChI is InChI=1S/C10H19F3.H2S/c1-2-3-4-5-6-7-8-9-10(11,12)13;/h2-9H2,1H3;1H2. The highest BCUT2D eigenvalue weighted by Crippen LogP contribution is 2.23. The van der Waals surface area contributed by atoms with Crippen molar-refractivity contribution >= 4 is 13.5 Å². The third-order valence-electron chi connectivity index (χ3n) is 2.06. The van der Waals surface area contributed by atoms with Crippen LogP contribution in [0.1, 0.15) is 58.3 Å². The van der Waals surface area contributed by atoms with E-state index in [9.17, 15) is 13.2 Å². The molecule has 0 aliphatic carbocycles. The quantitative estimate of drug-likeness (QED) is 0.551. The third-order valence-corrected chi connectivity index (χ3v) is 2.06. The van der Waals surface area contributed by atoms with Gasteiger partial charge in [-0.05, 0) is 6.42 Å². The summed E-state index contributed by atoms with van der Waals surface area (Å²) in [6.07, 6.45) is 2.06. The lowest BCUT2D eigenvalue weighted by atomic mass is 10.1. The van der Waals surface area contributed by atoms with Crippen LogP contribution in [0.15, 0.2) is 0 Å². The maximum atomic E-state index is 11.7. The van der Waals surface area contributed by atoms with Crippen molar-refractivity contribution in [1.29, 1.82) is 0 Å². The molecule has 0 N–H and O–H groups in total. The molecule has 0 aromatic rings. The molecule has 0 fully saturated rings. The smallest absolute Gasteiger partial charge is 0.197 e. The maximum absolute atomic E-state index is 11.7. The fourth-order valence-corrected chi connectivity index (χ4v) is 1.28. The summed E-state index contributed by atoms with van der Waals surface area (Å²) >= 11 is 0. The Labute approximate surface area is 91.7 Å². The van der Waals surface area contributed by atoms with E-state index in [4.69, 9.17) is 0 Å². The Hall–Kier alpha value is 0.140. The number of alkyl halides is 3. The van der Waals surface area contributed by atoms with Gasteiger partial charge in [-0.15, -0.1) is 0 Å². The first kappa shape index (κ1) is 16.6. The largest absolute Gasteiger partial charge is 0.389 e. The molecule has 0 spiro atoms. The lowest BCUT2D eigenvalue weighted by Crippen LogP contribution is -2.06. The second-order valence-electron chi connectivity index (χ2n) is 3.49. The SMILES string of the molecule is CCCCCCCCCC(F)(F)F.S. The lowest BCUT2D eigenvalue weighted by molar-refractivity contribution is -0.135. The number of hydrogen-bond donors (Lipinski definition) is 0. The molecule has 0 nitrogen and oxygen atoms in total. The number of rotatable bonds is 7. The van der Waals surface area contributed by atoms with Crippen LogP contribution in [0.5, 0.6) is 0 Å². The van der Waals surface area contributed by atoms with E-state index >= 15 is 0 Å². The summed E-state index contributed by atoms with van der Waals surface area (Å²) in [7, 11) is 0. The van der Waals surface area contributed by atoms with E-state index in [1.165, 1.54) is 19.3 Å². The molecule has 0 aliphatic heterocycles. The molecule has 4 heteroatoms. The molecule has 0 saturated carbocycles. The first-order valence-corrected chi connectivity index (χ1v) is 5.13. The second kappa shape index (κ2) is 9.69. The van der Waals surface area contributed by atoms with Gasteiger partial charge in [-0.25, -0.2) is 0 Å². The minimum Gasteiger partial charge on any atom is -0.197 e. The highest BCUT2D eigenvalue weighted by molar-refractivity contribution is 7.59. The van der Waals surface area contributed by atoms with Crippen molar-refractivity contribution in [3.8, 4) is 0 Å². The van der Waals surface area contributed by atoms with Gasteiger partial charge in [-0.3, -0.25) is 0 Å². The molecule has 88 valence electrons. The molecule has 0 rings (SSSR count). The van der Waals surface area contributed by atoms with E-state index in [-0.39, 0.29) is 13.5 Å². The van der Waals surface area contributed by atoms with E-state index in [0.29, 0.717) is 6.42 Å². The summed E-state index contributed by atoms with van der Waals surface area (Å²) in [6, 6.07) is 0. The Balaban J connectivity index is 0. The first-order valence-electron chi connectivity index (χ1n) is 5.13. The topological polar surface area (TPSA) is 0 Å². The Kier molecular flexibility index (Phi) is 11.5.